The third-order valence-electron chi connectivity index (χ3n) is 4.87. The van der Waals surface area contributed by atoms with Crippen molar-refractivity contribution in [1.82, 2.24) is 4.90 Å². The highest BCUT2D eigenvalue weighted by Crippen LogP contribution is 2.45. The van der Waals surface area contributed by atoms with Crippen LogP contribution in [0.5, 0.6) is 5.75 Å². The minimum absolute atomic E-state index is 0.0552. The van der Waals surface area contributed by atoms with Gasteiger partial charge in [-0.1, -0.05) is 0 Å². The lowest BCUT2D eigenvalue weighted by atomic mass is 9.84. The second-order valence-corrected chi connectivity index (χ2v) is 7.27. The zero-order chi connectivity index (χ0) is 20.9. The van der Waals surface area contributed by atoms with Crippen LogP contribution in [0.1, 0.15) is 41.4 Å². The van der Waals surface area contributed by atoms with Gasteiger partial charge in [-0.05, 0) is 56.3 Å². The summed E-state index contributed by atoms with van der Waals surface area (Å²) in [6, 6.07) is 6.66. The van der Waals surface area contributed by atoms with Gasteiger partial charge in [-0.25, -0.2) is 4.39 Å². The predicted molar refractivity (Wildman–Crippen MR) is 93.4 cm³/mol. The predicted octanol–water partition coefficient (Wildman–Crippen LogP) is 4.19. The van der Waals surface area contributed by atoms with E-state index in [4.69, 9.17) is 4.74 Å². The molecule has 0 saturated heterocycles. The van der Waals surface area contributed by atoms with Crippen LogP contribution in [0.3, 0.4) is 0 Å². The van der Waals surface area contributed by atoms with E-state index < -0.39 is 41.2 Å². The Kier molecular flexibility index (Phi) is 4.87. The van der Waals surface area contributed by atoms with Crippen molar-refractivity contribution in [2.24, 2.45) is 0 Å². The lowest BCUT2D eigenvalue weighted by Crippen LogP contribution is -2.54. The third-order valence-corrected chi connectivity index (χ3v) is 4.87. The van der Waals surface area contributed by atoms with E-state index in [1.54, 1.807) is 13.8 Å². The maximum atomic E-state index is 13.2. The van der Waals surface area contributed by atoms with E-state index in [1.165, 1.54) is 25.2 Å². The van der Waals surface area contributed by atoms with Gasteiger partial charge in [-0.2, -0.15) is 13.2 Å². The number of nitrogens with zero attached hydrogens (tertiary/aromatic N) is 1. The smallest absolute Gasteiger partial charge is 0.416 e. The minimum Gasteiger partial charge on any atom is -0.485 e. The first-order valence-corrected chi connectivity index (χ1v) is 8.53. The number of amides is 1. The molecule has 28 heavy (non-hydrogen) atoms. The van der Waals surface area contributed by atoms with Gasteiger partial charge in [0.15, 0.2) is 0 Å². The van der Waals surface area contributed by atoms with E-state index in [9.17, 15) is 27.5 Å². The van der Waals surface area contributed by atoms with Gasteiger partial charge >= 0.3 is 6.18 Å². The molecule has 2 aromatic rings. The molecular weight excluding hydrogens is 378 g/mol. The number of benzene rings is 2. The van der Waals surface area contributed by atoms with Crippen molar-refractivity contribution >= 4 is 5.91 Å². The van der Waals surface area contributed by atoms with Crippen molar-refractivity contribution in [3.8, 4) is 5.75 Å². The molecule has 8 heteroatoms. The summed E-state index contributed by atoms with van der Waals surface area (Å²) in [5, 5.41) is 10.8. The Morgan fingerprint density at radius 2 is 1.75 bits per heavy atom. The highest BCUT2D eigenvalue weighted by molar-refractivity contribution is 5.94. The number of aliphatic hydroxyl groups is 1. The number of alkyl halides is 3. The molecule has 1 heterocycles. The van der Waals surface area contributed by atoms with Crippen molar-refractivity contribution in [3.63, 3.8) is 0 Å². The van der Waals surface area contributed by atoms with E-state index in [0.29, 0.717) is 0 Å². The lowest BCUT2D eigenvalue weighted by Gasteiger charge is -2.45. The fourth-order valence-electron chi connectivity index (χ4n) is 3.29. The lowest BCUT2D eigenvalue weighted by molar-refractivity contribution is -0.138. The zero-order valence-electron chi connectivity index (χ0n) is 15.4. The molecule has 0 fully saturated rings. The molecule has 0 aromatic heterocycles. The van der Waals surface area contributed by atoms with Crippen LogP contribution >= 0.6 is 0 Å². The van der Waals surface area contributed by atoms with Crippen LogP contribution in [0.2, 0.25) is 0 Å². The molecule has 1 aliphatic heterocycles. The highest BCUT2D eigenvalue weighted by atomic mass is 19.4. The maximum absolute atomic E-state index is 13.2. The van der Waals surface area contributed by atoms with Crippen LogP contribution in [0.15, 0.2) is 42.5 Å². The molecule has 0 aliphatic carbocycles. The SMILES string of the molecule is CN(C(=O)c1ccc(F)cc1)[C@@H]1c2cc(C(F)(F)F)ccc2OC(C)(C)[C@H]1O. The van der Waals surface area contributed by atoms with Gasteiger partial charge in [0.2, 0.25) is 0 Å². The van der Waals surface area contributed by atoms with Crippen molar-refractivity contribution in [2.45, 2.75) is 37.8 Å². The summed E-state index contributed by atoms with van der Waals surface area (Å²) in [6.45, 7) is 3.17. The molecule has 1 aliphatic rings. The molecule has 0 bridgehead atoms. The molecular formula is C20H19F4NO3. The molecule has 150 valence electrons. The van der Waals surface area contributed by atoms with Crippen molar-refractivity contribution in [3.05, 3.63) is 65.0 Å². The summed E-state index contributed by atoms with van der Waals surface area (Å²) in [5.41, 5.74) is -1.85. The van der Waals surface area contributed by atoms with Gasteiger partial charge < -0.3 is 14.7 Å². The molecule has 2 aromatic carbocycles. The van der Waals surface area contributed by atoms with E-state index in [0.717, 1.165) is 29.2 Å². The number of fused-ring (bicyclic) bond motifs is 1. The van der Waals surface area contributed by atoms with E-state index in [1.807, 2.05) is 0 Å². The average Bonchev–Trinajstić information content (AvgIpc) is 2.61. The summed E-state index contributed by atoms with van der Waals surface area (Å²) < 4.78 is 58.3. The van der Waals surface area contributed by atoms with Crippen molar-refractivity contribution in [1.29, 1.82) is 0 Å². The molecule has 3 rings (SSSR count). The molecule has 0 spiro atoms. The monoisotopic (exact) mass is 397 g/mol. The summed E-state index contributed by atoms with van der Waals surface area (Å²) in [6.07, 6.45) is -5.88. The van der Waals surface area contributed by atoms with E-state index in [2.05, 4.69) is 0 Å². The van der Waals surface area contributed by atoms with Crippen molar-refractivity contribution in [2.75, 3.05) is 7.05 Å². The Morgan fingerprint density at radius 1 is 1.14 bits per heavy atom. The van der Waals surface area contributed by atoms with Crippen LogP contribution in [-0.2, 0) is 6.18 Å². The number of likely N-dealkylation sites (N-methyl/N-ethyl adjacent to an activating group) is 1. The highest BCUT2D eigenvalue weighted by Gasteiger charge is 2.46. The quantitative estimate of drug-likeness (QED) is 0.774. The van der Waals surface area contributed by atoms with Gasteiger partial charge in [0.1, 0.15) is 23.3 Å². The number of carbonyl (C=O) groups is 1. The summed E-state index contributed by atoms with van der Waals surface area (Å²) in [5.74, 6) is -0.927. The first kappa shape index (κ1) is 20.1. The maximum Gasteiger partial charge on any atom is 0.416 e. The van der Waals surface area contributed by atoms with Gasteiger partial charge in [0.25, 0.3) is 5.91 Å². The molecule has 0 unspecified atom stereocenters. The number of aliphatic hydroxyl groups excluding tert-OH is 1. The Bertz CT molecular complexity index is 893. The van der Waals surface area contributed by atoms with Gasteiger partial charge in [0.05, 0.1) is 11.6 Å². The van der Waals surface area contributed by atoms with Gasteiger partial charge in [-0.3, -0.25) is 4.79 Å². The Hall–Kier alpha value is -2.61. The normalized spacial score (nSPS) is 20.9. The second kappa shape index (κ2) is 6.77. The van der Waals surface area contributed by atoms with Crippen LogP contribution in [-0.4, -0.2) is 34.7 Å². The van der Waals surface area contributed by atoms with Gasteiger partial charge in [-0.15, -0.1) is 0 Å². The first-order valence-electron chi connectivity index (χ1n) is 8.53. The van der Waals surface area contributed by atoms with E-state index >= 15 is 0 Å². The number of hydrogen-bond donors (Lipinski definition) is 1. The summed E-state index contributed by atoms with van der Waals surface area (Å²) in [4.78, 5) is 14.0. The average molecular weight is 397 g/mol. The first-order chi connectivity index (χ1) is 12.9. The van der Waals surface area contributed by atoms with Crippen molar-refractivity contribution < 1.29 is 32.2 Å². The molecule has 2 atom stereocenters. The fraction of sp³-hybridized carbons (Fsp3) is 0.350. The molecule has 4 nitrogen and oxygen atoms in total. The van der Waals surface area contributed by atoms with Crippen LogP contribution in [0.4, 0.5) is 17.6 Å². The third kappa shape index (κ3) is 3.56. The number of carbonyl (C=O) groups excluding carboxylic acids is 1. The zero-order valence-corrected chi connectivity index (χ0v) is 15.4. The Labute approximate surface area is 159 Å². The van der Waals surface area contributed by atoms with E-state index in [-0.39, 0.29) is 16.9 Å². The topological polar surface area (TPSA) is 49.8 Å². The van der Waals surface area contributed by atoms with Gasteiger partial charge in [0, 0.05) is 18.2 Å². The molecule has 0 radical (unpaired) electrons. The molecule has 1 N–H and O–H groups in total. The second-order valence-electron chi connectivity index (χ2n) is 7.27. The number of rotatable bonds is 2. The van der Waals surface area contributed by atoms with Crippen LogP contribution < -0.4 is 4.74 Å². The Morgan fingerprint density at radius 3 is 2.32 bits per heavy atom. The molecule has 0 saturated carbocycles. The number of hydrogen-bond acceptors (Lipinski definition) is 3. The fourth-order valence-corrected chi connectivity index (χ4v) is 3.29. The molecule has 1 amide bonds. The largest absolute Gasteiger partial charge is 0.485 e. The Balaban J connectivity index is 2.07. The standard InChI is InChI=1S/C20H19F4NO3/c1-19(2)17(26)16(25(3)18(27)11-4-7-13(21)8-5-11)14-10-12(20(22,23)24)6-9-15(14)28-19/h4-10,16-17,26H,1-3H3/t16-,17+/m1/s1. The summed E-state index contributed by atoms with van der Waals surface area (Å²) >= 11 is 0. The van der Waals surface area contributed by atoms with Crippen LogP contribution in [0.25, 0.3) is 0 Å². The summed E-state index contributed by atoms with van der Waals surface area (Å²) in [7, 11) is 1.38. The van der Waals surface area contributed by atoms with Crippen LogP contribution in [0, 0.1) is 5.82 Å². The number of halogens is 4. The number of ether oxygens (including phenoxy) is 1. The minimum atomic E-state index is -4.59.